The fourth-order valence-corrected chi connectivity index (χ4v) is 1.83. The molecule has 0 fully saturated rings. The Labute approximate surface area is 105 Å². The lowest BCUT2D eigenvalue weighted by atomic mass is 9.86. The minimum Gasteiger partial charge on any atom is -0.482 e. The Morgan fingerprint density at radius 3 is 2.89 bits per heavy atom. The summed E-state index contributed by atoms with van der Waals surface area (Å²) < 4.78 is 5.24. The van der Waals surface area contributed by atoms with E-state index in [4.69, 9.17) is 9.84 Å². The van der Waals surface area contributed by atoms with E-state index in [1.54, 1.807) is 26.0 Å². The van der Waals surface area contributed by atoms with Gasteiger partial charge in [-0.2, -0.15) is 0 Å². The van der Waals surface area contributed by atoms with Gasteiger partial charge in [0.15, 0.2) is 6.61 Å². The quantitative estimate of drug-likeness (QED) is 0.854. The molecule has 0 spiro atoms. The second kappa shape index (κ2) is 4.33. The van der Waals surface area contributed by atoms with Crippen LogP contribution < -0.4 is 10.1 Å². The molecular weight excluding hydrogens is 234 g/mol. The first-order valence-electron chi connectivity index (χ1n) is 5.67. The first kappa shape index (κ1) is 12.4. The Bertz CT molecular complexity index is 508. The van der Waals surface area contributed by atoms with Gasteiger partial charge >= 0.3 is 5.97 Å². The summed E-state index contributed by atoms with van der Waals surface area (Å²) in [5.41, 5.74) is 0.616. The number of fused-ring (bicyclic) bond motifs is 1. The van der Waals surface area contributed by atoms with Gasteiger partial charge in [-0.05, 0) is 38.0 Å². The average Bonchev–Trinajstić information content (AvgIpc) is 2.27. The molecular formula is C13H15NO4. The Hall–Kier alpha value is -2.04. The standard InChI is InChI=1S/C13H15NO4/c1-13(2,12(16)17)6-8-3-4-10-9(5-8)14-11(15)7-18-10/h3-5H,6-7H2,1-2H3,(H,14,15)(H,16,17). The van der Waals surface area contributed by atoms with Crippen LogP contribution >= 0.6 is 0 Å². The molecule has 1 aliphatic heterocycles. The number of amides is 1. The van der Waals surface area contributed by atoms with Gasteiger partial charge in [0.1, 0.15) is 5.75 Å². The Morgan fingerprint density at radius 2 is 2.22 bits per heavy atom. The summed E-state index contributed by atoms with van der Waals surface area (Å²) in [6.45, 7) is 3.36. The lowest BCUT2D eigenvalue weighted by molar-refractivity contribution is -0.146. The molecule has 0 radical (unpaired) electrons. The second-order valence-corrected chi connectivity index (χ2v) is 5.03. The van der Waals surface area contributed by atoms with Crippen molar-refractivity contribution in [3.8, 4) is 5.75 Å². The third-order valence-corrected chi connectivity index (χ3v) is 2.90. The van der Waals surface area contributed by atoms with E-state index < -0.39 is 11.4 Å². The van der Waals surface area contributed by atoms with Crippen LogP contribution in [-0.4, -0.2) is 23.6 Å². The van der Waals surface area contributed by atoms with Crippen molar-refractivity contribution >= 4 is 17.6 Å². The summed E-state index contributed by atoms with van der Waals surface area (Å²) in [6, 6.07) is 5.33. The third-order valence-electron chi connectivity index (χ3n) is 2.90. The number of nitrogens with one attached hydrogen (secondary N) is 1. The molecule has 18 heavy (non-hydrogen) atoms. The normalized spacial score (nSPS) is 14.4. The lowest BCUT2D eigenvalue weighted by Gasteiger charge is -2.22. The zero-order chi connectivity index (χ0) is 13.3. The molecule has 0 bridgehead atoms. The fourth-order valence-electron chi connectivity index (χ4n) is 1.83. The van der Waals surface area contributed by atoms with Crippen molar-refractivity contribution in [2.45, 2.75) is 20.3 Å². The van der Waals surface area contributed by atoms with Crippen molar-refractivity contribution in [3.05, 3.63) is 23.8 Å². The Morgan fingerprint density at radius 1 is 1.50 bits per heavy atom. The molecule has 0 aliphatic carbocycles. The predicted octanol–water partition coefficient (Wildman–Crippen LogP) is 1.67. The summed E-state index contributed by atoms with van der Waals surface area (Å²) >= 11 is 0. The SMILES string of the molecule is CC(C)(Cc1ccc2c(c1)NC(=O)CO2)C(=O)O. The van der Waals surface area contributed by atoms with Crippen molar-refractivity contribution in [1.29, 1.82) is 0 Å². The van der Waals surface area contributed by atoms with Crippen molar-refractivity contribution in [2.24, 2.45) is 5.41 Å². The van der Waals surface area contributed by atoms with Gasteiger partial charge in [0.05, 0.1) is 11.1 Å². The number of carboxylic acids is 1. The van der Waals surface area contributed by atoms with Crippen molar-refractivity contribution in [2.75, 3.05) is 11.9 Å². The number of carbonyl (C=O) groups is 2. The molecule has 2 N–H and O–H groups in total. The number of benzene rings is 1. The first-order chi connectivity index (χ1) is 8.38. The number of ether oxygens (including phenoxy) is 1. The van der Waals surface area contributed by atoms with Crippen LogP contribution in [0, 0.1) is 5.41 Å². The van der Waals surface area contributed by atoms with E-state index in [0.29, 0.717) is 17.9 Å². The molecule has 96 valence electrons. The number of hydrogen-bond donors (Lipinski definition) is 2. The summed E-state index contributed by atoms with van der Waals surface area (Å²) in [4.78, 5) is 22.3. The topological polar surface area (TPSA) is 75.6 Å². The number of carbonyl (C=O) groups excluding carboxylic acids is 1. The van der Waals surface area contributed by atoms with E-state index in [1.165, 1.54) is 0 Å². The molecule has 1 heterocycles. The van der Waals surface area contributed by atoms with Gasteiger partial charge in [0.2, 0.25) is 0 Å². The highest BCUT2D eigenvalue weighted by Gasteiger charge is 2.28. The van der Waals surface area contributed by atoms with Crippen LogP contribution in [0.4, 0.5) is 5.69 Å². The zero-order valence-corrected chi connectivity index (χ0v) is 10.3. The van der Waals surface area contributed by atoms with Crippen LogP contribution in [0.5, 0.6) is 5.75 Å². The smallest absolute Gasteiger partial charge is 0.309 e. The molecule has 0 saturated heterocycles. The highest BCUT2D eigenvalue weighted by molar-refractivity contribution is 5.95. The number of aliphatic carboxylic acids is 1. The summed E-state index contributed by atoms with van der Waals surface area (Å²) in [7, 11) is 0. The van der Waals surface area contributed by atoms with Gasteiger partial charge in [-0.3, -0.25) is 9.59 Å². The highest BCUT2D eigenvalue weighted by atomic mass is 16.5. The summed E-state index contributed by atoms with van der Waals surface area (Å²) in [6.07, 6.45) is 0.394. The second-order valence-electron chi connectivity index (χ2n) is 5.03. The molecule has 5 heteroatoms. The van der Waals surface area contributed by atoms with E-state index in [1.807, 2.05) is 6.07 Å². The van der Waals surface area contributed by atoms with Gasteiger partial charge in [-0.25, -0.2) is 0 Å². The molecule has 0 aromatic heterocycles. The predicted molar refractivity (Wildman–Crippen MR) is 65.7 cm³/mol. The molecule has 0 atom stereocenters. The molecule has 1 amide bonds. The van der Waals surface area contributed by atoms with Gasteiger partial charge in [0, 0.05) is 0 Å². The van der Waals surface area contributed by atoms with Crippen molar-refractivity contribution in [1.82, 2.24) is 0 Å². The zero-order valence-electron chi connectivity index (χ0n) is 10.3. The summed E-state index contributed by atoms with van der Waals surface area (Å²) in [5.74, 6) is -0.427. The maximum atomic E-state index is 11.2. The van der Waals surface area contributed by atoms with Crippen LogP contribution in [0.15, 0.2) is 18.2 Å². The van der Waals surface area contributed by atoms with Crippen molar-refractivity contribution < 1.29 is 19.4 Å². The highest BCUT2D eigenvalue weighted by Crippen LogP contribution is 2.31. The van der Waals surface area contributed by atoms with E-state index in [9.17, 15) is 9.59 Å². The third kappa shape index (κ3) is 2.45. The van der Waals surface area contributed by atoms with Crippen LogP contribution in [-0.2, 0) is 16.0 Å². The molecule has 2 rings (SSSR count). The van der Waals surface area contributed by atoms with Gasteiger partial charge < -0.3 is 15.2 Å². The monoisotopic (exact) mass is 249 g/mol. The minimum absolute atomic E-state index is 0.0208. The number of carboxylic acid groups (broad SMARTS) is 1. The molecule has 1 aromatic rings. The number of anilines is 1. The molecule has 0 saturated carbocycles. The van der Waals surface area contributed by atoms with Crippen LogP contribution in [0.2, 0.25) is 0 Å². The molecule has 5 nitrogen and oxygen atoms in total. The van der Waals surface area contributed by atoms with Gasteiger partial charge in [-0.15, -0.1) is 0 Å². The van der Waals surface area contributed by atoms with E-state index >= 15 is 0 Å². The molecule has 1 aromatic carbocycles. The Balaban J connectivity index is 2.24. The maximum Gasteiger partial charge on any atom is 0.309 e. The fraction of sp³-hybridized carbons (Fsp3) is 0.385. The number of rotatable bonds is 3. The summed E-state index contributed by atoms with van der Waals surface area (Å²) in [5, 5.41) is 11.8. The van der Waals surface area contributed by atoms with Crippen LogP contribution in [0.25, 0.3) is 0 Å². The lowest BCUT2D eigenvalue weighted by Crippen LogP contribution is -2.27. The maximum absolute atomic E-state index is 11.2. The van der Waals surface area contributed by atoms with Crippen LogP contribution in [0.3, 0.4) is 0 Å². The van der Waals surface area contributed by atoms with Crippen molar-refractivity contribution in [3.63, 3.8) is 0 Å². The molecule has 0 unspecified atom stereocenters. The molecule has 1 aliphatic rings. The van der Waals surface area contributed by atoms with Gasteiger partial charge in [0.25, 0.3) is 5.91 Å². The number of hydrogen-bond acceptors (Lipinski definition) is 3. The van der Waals surface area contributed by atoms with Crippen LogP contribution in [0.1, 0.15) is 19.4 Å². The van der Waals surface area contributed by atoms with E-state index in [-0.39, 0.29) is 12.5 Å². The first-order valence-corrected chi connectivity index (χ1v) is 5.67. The average molecular weight is 249 g/mol. The Kier molecular flexibility index (Phi) is 2.98. The van der Waals surface area contributed by atoms with E-state index in [0.717, 1.165) is 5.56 Å². The minimum atomic E-state index is -0.847. The van der Waals surface area contributed by atoms with E-state index in [2.05, 4.69) is 5.32 Å². The largest absolute Gasteiger partial charge is 0.482 e. The van der Waals surface area contributed by atoms with Gasteiger partial charge in [-0.1, -0.05) is 6.07 Å².